The Balaban J connectivity index is 1.66. The van der Waals surface area contributed by atoms with Crippen LogP contribution >= 0.6 is 11.6 Å². The fraction of sp³-hybridized carbons (Fsp3) is 0.393. The third-order valence-corrected chi connectivity index (χ3v) is 7.12. The van der Waals surface area contributed by atoms with Gasteiger partial charge in [0.1, 0.15) is 12.2 Å². The summed E-state index contributed by atoms with van der Waals surface area (Å²) < 4.78 is 0. The first kappa shape index (κ1) is 26.5. The van der Waals surface area contributed by atoms with Crippen molar-refractivity contribution in [3.63, 3.8) is 0 Å². The molecule has 2 fully saturated rings. The molecule has 2 aromatic carbocycles. The molecule has 0 spiro atoms. The third kappa shape index (κ3) is 5.90. The number of nitrogens with zero attached hydrogens (tertiary/aromatic N) is 4. The van der Waals surface area contributed by atoms with Crippen LogP contribution in [0.5, 0.6) is 0 Å². The van der Waals surface area contributed by atoms with Crippen LogP contribution in [0.1, 0.15) is 37.3 Å². The van der Waals surface area contributed by atoms with Crippen molar-refractivity contribution in [2.45, 2.75) is 51.5 Å². The first-order chi connectivity index (χ1) is 17.9. The molecule has 0 aliphatic carbocycles. The van der Waals surface area contributed by atoms with E-state index in [0.717, 1.165) is 24.0 Å². The number of terminal acetylenes is 1. The van der Waals surface area contributed by atoms with E-state index in [-0.39, 0.29) is 44.0 Å². The number of nitrogens with one attached hydrogen (secondary N) is 1. The molecule has 2 aliphatic rings. The number of rotatable bonds is 8. The van der Waals surface area contributed by atoms with Crippen molar-refractivity contribution in [1.29, 1.82) is 0 Å². The lowest BCUT2D eigenvalue weighted by atomic mass is 10.0. The lowest BCUT2D eigenvalue weighted by molar-refractivity contribution is -0.189. The topological polar surface area (TPSA) is 76.2 Å². The van der Waals surface area contributed by atoms with Gasteiger partial charge in [-0.3, -0.25) is 9.59 Å². The summed E-state index contributed by atoms with van der Waals surface area (Å²) in [6.07, 6.45) is 7.10. The van der Waals surface area contributed by atoms with Crippen LogP contribution in [0.25, 0.3) is 0 Å². The minimum absolute atomic E-state index is 0.0696. The minimum atomic E-state index is -0.688. The maximum Gasteiger partial charge on any atom is 0.334 e. The van der Waals surface area contributed by atoms with Crippen molar-refractivity contribution in [3.05, 3.63) is 70.7 Å². The molecule has 4 rings (SSSR count). The van der Waals surface area contributed by atoms with Gasteiger partial charge in [0, 0.05) is 18.1 Å². The van der Waals surface area contributed by atoms with Gasteiger partial charge < -0.3 is 15.1 Å². The molecular weight excluding hydrogens is 490 g/mol. The largest absolute Gasteiger partial charge is 0.334 e. The molecule has 37 heavy (non-hydrogen) atoms. The monoisotopic (exact) mass is 521 g/mol. The number of unbranched alkanes of at least 4 members (excludes halogenated alkanes) is 1. The molecule has 9 heteroatoms. The van der Waals surface area contributed by atoms with Gasteiger partial charge in [0.15, 0.2) is 0 Å². The molecule has 2 heterocycles. The Morgan fingerprint density at radius 3 is 2.57 bits per heavy atom. The van der Waals surface area contributed by atoms with E-state index >= 15 is 0 Å². The highest BCUT2D eigenvalue weighted by Gasteiger charge is 2.51. The van der Waals surface area contributed by atoms with E-state index in [0.29, 0.717) is 18.0 Å². The first-order valence-corrected chi connectivity index (χ1v) is 12.9. The number of benzene rings is 2. The molecule has 1 N–H and O–H groups in total. The minimum Gasteiger partial charge on any atom is -0.333 e. The summed E-state index contributed by atoms with van der Waals surface area (Å²) in [6.45, 7) is 2.82. The quantitative estimate of drug-likeness (QED) is 0.540. The standard InChI is InChI=1S/C28H32ClN5O3/c1-3-5-15-24-27(36)31(18-22-13-9-10-14-23(22)29)19-25-33(24)26(35)20-32(16-4-2)34(25)28(37)30-17-21-11-7-6-8-12-21/h2,6-14,24-25H,3,5,15-20H2,1H3,(H,30,37)/t24-,25-/m0/s1. The zero-order valence-electron chi connectivity index (χ0n) is 21.0. The zero-order valence-corrected chi connectivity index (χ0v) is 21.7. The number of amides is 4. The SMILES string of the molecule is C#CCN1CC(=O)N2[C@@H](CCCC)C(=O)N(Cc3ccccc3Cl)C[C@@H]2N1C(=O)NCc1ccccc1. The summed E-state index contributed by atoms with van der Waals surface area (Å²) in [5, 5.41) is 6.64. The van der Waals surface area contributed by atoms with Crippen LogP contribution in [-0.2, 0) is 22.7 Å². The summed E-state index contributed by atoms with van der Waals surface area (Å²) in [5.74, 6) is 2.22. The van der Waals surface area contributed by atoms with Crippen LogP contribution in [0.4, 0.5) is 4.79 Å². The molecule has 194 valence electrons. The fourth-order valence-corrected chi connectivity index (χ4v) is 5.14. The summed E-state index contributed by atoms with van der Waals surface area (Å²) in [7, 11) is 0. The summed E-state index contributed by atoms with van der Waals surface area (Å²) in [4.78, 5) is 43.9. The van der Waals surface area contributed by atoms with Crippen LogP contribution < -0.4 is 5.32 Å². The van der Waals surface area contributed by atoms with Crippen molar-refractivity contribution >= 4 is 29.4 Å². The van der Waals surface area contributed by atoms with Crippen molar-refractivity contribution in [3.8, 4) is 12.3 Å². The number of hydrogen-bond donors (Lipinski definition) is 1. The Labute approximate surface area is 223 Å². The van der Waals surface area contributed by atoms with Gasteiger partial charge in [0.2, 0.25) is 11.8 Å². The zero-order chi connectivity index (χ0) is 26.4. The number of hydrogen-bond acceptors (Lipinski definition) is 4. The van der Waals surface area contributed by atoms with E-state index < -0.39 is 12.2 Å². The molecule has 0 bridgehead atoms. The molecule has 2 aliphatic heterocycles. The Bertz CT molecular complexity index is 1170. The third-order valence-electron chi connectivity index (χ3n) is 6.75. The molecule has 4 amide bonds. The van der Waals surface area contributed by atoms with Gasteiger partial charge in [0.25, 0.3) is 0 Å². The Morgan fingerprint density at radius 2 is 1.86 bits per heavy atom. The highest BCUT2D eigenvalue weighted by Crippen LogP contribution is 2.30. The predicted octanol–water partition coefficient (Wildman–Crippen LogP) is 3.47. The molecule has 0 radical (unpaired) electrons. The number of piperazine rings is 1. The second-order valence-corrected chi connectivity index (χ2v) is 9.67. The average Bonchev–Trinajstić information content (AvgIpc) is 2.89. The maximum absolute atomic E-state index is 13.7. The Morgan fingerprint density at radius 1 is 1.14 bits per heavy atom. The second-order valence-electron chi connectivity index (χ2n) is 9.27. The van der Waals surface area contributed by atoms with Crippen LogP contribution in [0, 0.1) is 12.3 Å². The molecule has 0 saturated carbocycles. The number of halogens is 1. The number of carbonyl (C=O) groups excluding carboxylic acids is 3. The van der Waals surface area contributed by atoms with E-state index in [1.807, 2.05) is 55.5 Å². The van der Waals surface area contributed by atoms with E-state index in [1.165, 1.54) is 5.01 Å². The molecule has 0 aromatic heterocycles. The normalized spacial score (nSPS) is 20.0. The van der Waals surface area contributed by atoms with Crippen molar-refractivity contribution < 1.29 is 14.4 Å². The number of hydrazine groups is 1. The van der Waals surface area contributed by atoms with Crippen molar-refractivity contribution in [2.24, 2.45) is 0 Å². The van der Waals surface area contributed by atoms with E-state index in [2.05, 4.69) is 11.2 Å². The lowest BCUT2D eigenvalue weighted by Gasteiger charge is -2.55. The molecule has 0 unspecified atom stereocenters. The smallest absolute Gasteiger partial charge is 0.333 e. The van der Waals surface area contributed by atoms with Gasteiger partial charge in [-0.1, -0.05) is 85.8 Å². The van der Waals surface area contributed by atoms with Gasteiger partial charge in [0.05, 0.1) is 19.6 Å². The number of fused-ring (bicyclic) bond motifs is 1. The Kier molecular flexibility index (Phi) is 8.70. The van der Waals surface area contributed by atoms with Gasteiger partial charge in [-0.15, -0.1) is 6.42 Å². The highest BCUT2D eigenvalue weighted by atomic mass is 35.5. The average molecular weight is 522 g/mol. The van der Waals surface area contributed by atoms with Crippen molar-refractivity contribution in [1.82, 2.24) is 25.1 Å². The summed E-state index contributed by atoms with van der Waals surface area (Å²) >= 11 is 6.41. The molecular formula is C28H32ClN5O3. The second kappa shape index (κ2) is 12.1. The molecule has 2 aromatic rings. The van der Waals surface area contributed by atoms with Crippen LogP contribution in [0.2, 0.25) is 5.02 Å². The van der Waals surface area contributed by atoms with Gasteiger partial charge >= 0.3 is 6.03 Å². The molecule has 2 saturated heterocycles. The predicted molar refractivity (Wildman–Crippen MR) is 142 cm³/mol. The van der Waals surface area contributed by atoms with E-state index in [4.69, 9.17) is 18.0 Å². The first-order valence-electron chi connectivity index (χ1n) is 12.6. The number of carbonyl (C=O) groups is 3. The van der Waals surface area contributed by atoms with Crippen LogP contribution in [0.3, 0.4) is 0 Å². The Hall–Kier alpha value is -3.54. The summed E-state index contributed by atoms with van der Waals surface area (Å²) in [5.41, 5.74) is 1.76. The molecule has 8 nitrogen and oxygen atoms in total. The number of urea groups is 1. The van der Waals surface area contributed by atoms with Gasteiger partial charge in [-0.05, 0) is 23.6 Å². The van der Waals surface area contributed by atoms with E-state index in [1.54, 1.807) is 20.9 Å². The lowest BCUT2D eigenvalue weighted by Crippen LogP contribution is -2.76. The molecule has 2 atom stereocenters. The van der Waals surface area contributed by atoms with Gasteiger partial charge in [-0.2, -0.15) is 5.01 Å². The van der Waals surface area contributed by atoms with Gasteiger partial charge in [-0.25, -0.2) is 9.80 Å². The maximum atomic E-state index is 13.7. The van der Waals surface area contributed by atoms with E-state index in [9.17, 15) is 14.4 Å². The van der Waals surface area contributed by atoms with Crippen LogP contribution in [-0.4, -0.2) is 69.5 Å². The highest BCUT2D eigenvalue weighted by molar-refractivity contribution is 6.31. The van der Waals surface area contributed by atoms with Crippen LogP contribution in [0.15, 0.2) is 54.6 Å². The summed E-state index contributed by atoms with van der Waals surface area (Å²) in [6, 6.07) is 15.9. The van der Waals surface area contributed by atoms with Crippen molar-refractivity contribution in [2.75, 3.05) is 19.6 Å². The fourth-order valence-electron chi connectivity index (χ4n) is 4.94.